The molecule has 2 aromatic rings. The third-order valence-corrected chi connectivity index (χ3v) is 3.57. The molecule has 0 bridgehead atoms. The zero-order valence-corrected chi connectivity index (χ0v) is 13.0. The Morgan fingerprint density at radius 1 is 1.33 bits per heavy atom. The number of aromatic nitrogens is 4. The first-order valence-corrected chi connectivity index (χ1v) is 6.82. The second-order valence-electron chi connectivity index (χ2n) is 4.22. The molecule has 0 aliphatic heterocycles. The number of hydrogen-bond donors (Lipinski definition) is 0. The van der Waals surface area contributed by atoms with Crippen LogP contribution in [0, 0.1) is 6.92 Å². The molecule has 1 amide bonds. The van der Waals surface area contributed by atoms with Gasteiger partial charge in [-0.1, -0.05) is 4.49 Å². The molecule has 0 spiro atoms. The van der Waals surface area contributed by atoms with Gasteiger partial charge in [-0.25, -0.2) is 0 Å². The summed E-state index contributed by atoms with van der Waals surface area (Å²) in [7, 11) is 4.58. The van der Waals surface area contributed by atoms with Crippen LogP contribution in [0.5, 0.6) is 11.9 Å². The zero-order valence-electron chi connectivity index (χ0n) is 12.2. The van der Waals surface area contributed by atoms with E-state index in [1.54, 1.807) is 7.05 Å². The molecule has 9 heteroatoms. The van der Waals surface area contributed by atoms with E-state index in [1.807, 2.05) is 6.92 Å². The number of amides is 1. The number of methoxy groups -OCH3 is 2. The molecule has 0 saturated carbocycles. The summed E-state index contributed by atoms with van der Waals surface area (Å²) < 4.78 is 13.8. The molecule has 2 aromatic heterocycles. The Bertz CT molecular complexity index is 623. The number of carbonyl (C=O) groups is 1. The number of hydrogen-bond acceptors (Lipinski definition) is 8. The van der Waals surface area contributed by atoms with Crippen LogP contribution in [-0.2, 0) is 6.54 Å². The quantitative estimate of drug-likeness (QED) is 0.811. The fourth-order valence-corrected chi connectivity index (χ4v) is 2.27. The molecule has 0 aromatic carbocycles. The van der Waals surface area contributed by atoms with E-state index >= 15 is 0 Å². The summed E-state index contributed by atoms with van der Waals surface area (Å²) >= 11 is 1.27. The number of ether oxygens (including phenoxy) is 2. The molecular formula is C12H15N5O3S. The van der Waals surface area contributed by atoms with Crippen LogP contribution < -0.4 is 9.47 Å². The Morgan fingerprint density at radius 3 is 2.67 bits per heavy atom. The van der Waals surface area contributed by atoms with Crippen LogP contribution in [-0.4, -0.2) is 51.6 Å². The first kappa shape index (κ1) is 15.1. The van der Waals surface area contributed by atoms with Crippen molar-refractivity contribution < 1.29 is 14.3 Å². The van der Waals surface area contributed by atoms with Crippen LogP contribution in [0.2, 0.25) is 0 Å². The van der Waals surface area contributed by atoms with Crippen LogP contribution in [0.25, 0.3) is 0 Å². The lowest BCUT2D eigenvalue weighted by molar-refractivity contribution is 0.0778. The van der Waals surface area contributed by atoms with E-state index in [4.69, 9.17) is 9.47 Å². The van der Waals surface area contributed by atoms with Gasteiger partial charge >= 0.3 is 6.01 Å². The monoisotopic (exact) mass is 309 g/mol. The maximum atomic E-state index is 12.4. The second-order valence-corrected chi connectivity index (χ2v) is 5.06. The lowest BCUT2D eigenvalue weighted by Gasteiger charge is -2.16. The van der Waals surface area contributed by atoms with Crippen molar-refractivity contribution >= 4 is 17.4 Å². The predicted octanol–water partition coefficient (Wildman–Crippen LogP) is 0.926. The van der Waals surface area contributed by atoms with Gasteiger partial charge in [-0.15, -0.1) is 5.10 Å². The van der Waals surface area contributed by atoms with E-state index in [2.05, 4.69) is 19.6 Å². The van der Waals surface area contributed by atoms with E-state index in [1.165, 1.54) is 36.7 Å². The maximum absolute atomic E-state index is 12.4. The number of aryl methyl sites for hydroxylation is 1. The number of rotatable bonds is 5. The maximum Gasteiger partial charge on any atom is 0.320 e. The highest BCUT2D eigenvalue weighted by molar-refractivity contribution is 7.05. The van der Waals surface area contributed by atoms with Gasteiger partial charge < -0.3 is 14.4 Å². The van der Waals surface area contributed by atoms with Crippen LogP contribution in [0.15, 0.2) is 6.07 Å². The summed E-state index contributed by atoms with van der Waals surface area (Å²) in [6.45, 7) is 2.27. The average molecular weight is 309 g/mol. The third-order valence-electron chi connectivity index (χ3n) is 2.77. The van der Waals surface area contributed by atoms with Gasteiger partial charge in [0.25, 0.3) is 5.91 Å². The third kappa shape index (κ3) is 3.43. The normalized spacial score (nSPS) is 10.3. The largest absolute Gasteiger partial charge is 0.481 e. The first-order valence-electron chi connectivity index (χ1n) is 6.05. The van der Waals surface area contributed by atoms with E-state index in [0.29, 0.717) is 6.54 Å². The Morgan fingerprint density at radius 2 is 2.10 bits per heavy atom. The van der Waals surface area contributed by atoms with E-state index in [0.717, 1.165) is 10.6 Å². The Kier molecular flexibility index (Phi) is 4.63. The minimum atomic E-state index is -0.262. The number of nitrogens with zero attached hydrogens (tertiary/aromatic N) is 5. The summed E-state index contributed by atoms with van der Waals surface area (Å²) in [5, 5.41) is 3.92. The van der Waals surface area contributed by atoms with Crippen LogP contribution >= 0.6 is 11.5 Å². The highest BCUT2D eigenvalue weighted by Crippen LogP contribution is 2.17. The van der Waals surface area contributed by atoms with Crippen molar-refractivity contribution in [1.82, 2.24) is 24.5 Å². The topological polar surface area (TPSA) is 90.3 Å². The Hall–Kier alpha value is -2.29. The summed E-state index contributed by atoms with van der Waals surface area (Å²) in [4.78, 5) is 22.9. The first-order chi connectivity index (χ1) is 10.0. The van der Waals surface area contributed by atoms with Crippen molar-refractivity contribution in [2.45, 2.75) is 13.5 Å². The molecule has 0 aliphatic rings. The Balaban J connectivity index is 2.20. The van der Waals surface area contributed by atoms with Crippen LogP contribution in [0.3, 0.4) is 0 Å². The fraction of sp³-hybridized carbons (Fsp3) is 0.417. The molecular weight excluding hydrogens is 294 g/mol. The second kappa shape index (κ2) is 6.44. The highest BCUT2D eigenvalue weighted by atomic mass is 32.1. The smallest absolute Gasteiger partial charge is 0.320 e. The summed E-state index contributed by atoms with van der Waals surface area (Å²) in [5.74, 6) is 0.0102. The molecule has 0 saturated heterocycles. The van der Waals surface area contributed by atoms with Gasteiger partial charge in [0.05, 0.1) is 31.3 Å². The summed E-state index contributed by atoms with van der Waals surface area (Å²) in [5.41, 5.74) is 1.02. The molecule has 112 valence electrons. The molecule has 8 nitrogen and oxygen atoms in total. The minimum absolute atomic E-state index is 0.0849. The standard InChI is InChI=1S/C12H15N5O3S/c1-7-9(21-16-15-7)6-17(2)11(18)8-5-10(19-3)14-12(13-8)20-4/h5H,6H2,1-4H3. The lowest BCUT2D eigenvalue weighted by Crippen LogP contribution is -2.27. The van der Waals surface area contributed by atoms with Crippen LogP contribution in [0.1, 0.15) is 21.1 Å². The van der Waals surface area contributed by atoms with Gasteiger partial charge in [0.15, 0.2) is 0 Å². The molecule has 21 heavy (non-hydrogen) atoms. The van der Waals surface area contributed by atoms with Gasteiger partial charge in [-0.3, -0.25) is 4.79 Å². The van der Waals surface area contributed by atoms with Crippen molar-refractivity contribution in [3.05, 3.63) is 22.3 Å². The van der Waals surface area contributed by atoms with Crippen molar-refractivity contribution in [2.75, 3.05) is 21.3 Å². The van der Waals surface area contributed by atoms with Gasteiger partial charge in [0.2, 0.25) is 5.88 Å². The molecule has 0 aliphatic carbocycles. The number of carbonyl (C=O) groups excluding carboxylic acids is 1. The van der Waals surface area contributed by atoms with E-state index in [-0.39, 0.29) is 23.5 Å². The van der Waals surface area contributed by atoms with E-state index in [9.17, 15) is 4.79 Å². The van der Waals surface area contributed by atoms with Crippen molar-refractivity contribution in [1.29, 1.82) is 0 Å². The van der Waals surface area contributed by atoms with Gasteiger partial charge in [-0.05, 0) is 18.5 Å². The van der Waals surface area contributed by atoms with Crippen molar-refractivity contribution in [3.63, 3.8) is 0 Å². The van der Waals surface area contributed by atoms with Crippen molar-refractivity contribution in [3.8, 4) is 11.9 Å². The Labute approximate surface area is 125 Å². The molecule has 0 atom stereocenters. The average Bonchev–Trinajstić information content (AvgIpc) is 2.90. The zero-order chi connectivity index (χ0) is 15.4. The van der Waals surface area contributed by atoms with Crippen molar-refractivity contribution in [2.24, 2.45) is 0 Å². The van der Waals surface area contributed by atoms with Gasteiger partial charge in [0, 0.05) is 13.1 Å². The molecule has 0 N–H and O–H groups in total. The van der Waals surface area contributed by atoms with Gasteiger partial charge in [-0.2, -0.15) is 9.97 Å². The van der Waals surface area contributed by atoms with Crippen LogP contribution in [0.4, 0.5) is 0 Å². The van der Waals surface area contributed by atoms with E-state index < -0.39 is 0 Å². The molecule has 0 unspecified atom stereocenters. The SMILES string of the molecule is COc1cc(C(=O)N(C)Cc2snnc2C)nc(OC)n1. The minimum Gasteiger partial charge on any atom is -0.481 e. The molecule has 2 rings (SSSR count). The molecule has 2 heterocycles. The predicted molar refractivity (Wildman–Crippen MR) is 75.6 cm³/mol. The highest BCUT2D eigenvalue weighted by Gasteiger charge is 2.18. The summed E-state index contributed by atoms with van der Waals surface area (Å²) in [6, 6.07) is 1.56. The molecule has 0 fully saturated rings. The molecule has 0 radical (unpaired) electrons. The fourth-order valence-electron chi connectivity index (χ4n) is 1.59. The lowest BCUT2D eigenvalue weighted by atomic mass is 10.3. The summed E-state index contributed by atoms with van der Waals surface area (Å²) in [6.07, 6.45) is 0. The van der Waals surface area contributed by atoms with Gasteiger partial charge in [0.1, 0.15) is 5.69 Å².